The number of benzene rings is 1. The van der Waals surface area contributed by atoms with Gasteiger partial charge >= 0.3 is 0 Å². The standard InChI is InChI=1S/C11H17NO2S/c1-8(7-15-2)12-6-9-3-4-10(13)11(14)5-9/h3-5,8,12-14H,6-7H2,1-2H3. The lowest BCUT2D eigenvalue weighted by Crippen LogP contribution is -2.27. The summed E-state index contributed by atoms with van der Waals surface area (Å²) >= 11 is 1.80. The lowest BCUT2D eigenvalue weighted by Gasteiger charge is -2.12. The summed E-state index contributed by atoms with van der Waals surface area (Å²) in [5, 5.41) is 21.8. The van der Waals surface area contributed by atoms with Crippen molar-refractivity contribution in [2.45, 2.75) is 19.5 Å². The molecule has 0 radical (unpaired) electrons. The Morgan fingerprint density at radius 1 is 1.33 bits per heavy atom. The van der Waals surface area contributed by atoms with E-state index >= 15 is 0 Å². The van der Waals surface area contributed by atoms with Crippen LogP contribution in [0, 0.1) is 0 Å². The number of rotatable bonds is 5. The second kappa shape index (κ2) is 5.88. The van der Waals surface area contributed by atoms with Gasteiger partial charge < -0.3 is 15.5 Å². The van der Waals surface area contributed by atoms with E-state index in [2.05, 4.69) is 18.5 Å². The van der Waals surface area contributed by atoms with Crippen molar-refractivity contribution in [2.24, 2.45) is 0 Å². The second-order valence-electron chi connectivity index (χ2n) is 3.56. The molecule has 0 fully saturated rings. The Morgan fingerprint density at radius 2 is 2.07 bits per heavy atom. The van der Waals surface area contributed by atoms with Crippen molar-refractivity contribution in [3.05, 3.63) is 23.8 Å². The Balaban J connectivity index is 2.47. The van der Waals surface area contributed by atoms with Crippen molar-refractivity contribution in [1.82, 2.24) is 5.32 Å². The quantitative estimate of drug-likeness (QED) is 0.673. The number of thioether (sulfide) groups is 1. The third-order valence-corrected chi connectivity index (χ3v) is 2.94. The molecule has 84 valence electrons. The maximum absolute atomic E-state index is 9.29. The first-order valence-electron chi connectivity index (χ1n) is 4.86. The molecule has 1 rings (SSSR count). The van der Waals surface area contributed by atoms with Gasteiger partial charge in [-0.2, -0.15) is 11.8 Å². The van der Waals surface area contributed by atoms with E-state index in [0.717, 1.165) is 11.3 Å². The van der Waals surface area contributed by atoms with Crippen molar-refractivity contribution in [3.63, 3.8) is 0 Å². The van der Waals surface area contributed by atoms with Gasteiger partial charge in [0.05, 0.1) is 0 Å². The molecule has 0 aliphatic carbocycles. The van der Waals surface area contributed by atoms with Crippen LogP contribution < -0.4 is 5.32 Å². The minimum atomic E-state index is -0.0732. The highest BCUT2D eigenvalue weighted by atomic mass is 32.2. The number of nitrogens with one attached hydrogen (secondary N) is 1. The van der Waals surface area contributed by atoms with Crippen molar-refractivity contribution < 1.29 is 10.2 Å². The Labute approximate surface area is 94.5 Å². The molecule has 1 unspecified atom stereocenters. The Morgan fingerprint density at radius 3 is 2.67 bits per heavy atom. The molecule has 4 heteroatoms. The van der Waals surface area contributed by atoms with Crippen LogP contribution in [0.2, 0.25) is 0 Å². The molecule has 0 saturated carbocycles. The molecular formula is C11H17NO2S. The van der Waals surface area contributed by atoms with Gasteiger partial charge in [-0.25, -0.2) is 0 Å². The Kier molecular flexibility index (Phi) is 4.78. The van der Waals surface area contributed by atoms with Gasteiger partial charge in [0.2, 0.25) is 0 Å². The molecule has 0 heterocycles. The normalized spacial score (nSPS) is 12.7. The smallest absolute Gasteiger partial charge is 0.157 e. The minimum absolute atomic E-state index is 0.0631. The van der Waals surface area contributed by atoms with E-state index in [4.69, 9.17) is 5.11 Å². The number of hydrogen-bond acceptors (Lipinski definition) is 4. The highest BCUT2D eigenvalue weighted by molar-refractivity contribution is 7.98. The van der Waals surface area contributed by atoms with Gasteiger partial charge in [0.25, 0.3) is 0 Å². The first kappa shape index (κ1) is 12.2. The second-order valence-corrected chi connectivity index (χ2v) is 4.47. The predicted octanol–water partition coefficient (Wildman–Crippen LogP) is 1.94. The molecule has 15 heavy (non-hydrogen) atoms. The van der Waals surface area contributed by atoms with Crippen molar-refractivity contribution >= 4 is 11.8 Å². The topological polar surface area (TPSA) is 52.5 Å². The van der Waals surface area contributed by atoms with Gasteiger partial charge in [-0.05, 0) is 30.9 Å². The van der Waals surface area contributed by atoms with Gasteiger partial charge in [-0.15, -0.1) is 0 Å². The fraction of sp³-hybridized carbons (Fsp3) is 0.455. The molecule has 0 spiro atoms. The van der Waals surface area contributed by atoms with Crippen LogP contribution in [0.3, 0.4) is 0 Å². The van der Waals surface area contributed by atoms with Crippen LogP contribution in [-0.2, 0) is 6.54 Å². The largest absolute Gasteiger partial charge is 0.504 e. The SMILES string of the molecule is CSCC(C)NCc1ccc(O)c(O)c1. The molecule has 0 bridgehead atoms. The van der Waals surface area contributed by atoms with Crippen LogP contribution in [-0.4, -0.2) is 28.3 Å². The first-order valence-corrected chi connectivity index (χ1v) is 6.26. The van der Waals surface area contributed by atoms with Crippen molar-refractivity contribution in [1.29, 1.82) is 0 Å². The zero-order valence-electron chi connectivity index (χ0n) is 9.03. The van der Waals surface area contributed by atoms with Crippen LogP contribution in [0.15, 0.2) is 18.2 Å². The molecule has 1 aromatic carbocycles. The number of phenols is 2. The third kappa shape index (κ3) is 4.01. The summed E-state index contributed by atoms with van der Waals surface area (Å²) in [5.74, 6) is 0.923. The van der Waals surface area contributed by atoms with Gasteiger partial charge in [-0.3, -0.25) is 0 Å². The maximum atomic E-state index is 9.29. The highest BCUT2D eigenvalue weighted by Crippen LogP contribution is 2.24. The molecular weight excluding hydrogens is 210 g/mol. The van der Waals surface area contributed by atoms with Gasteiger partial charge in [0.1, 0.15) is 0 Å². The lowest BCUT2D eigenvalue weighted by atomic mass is 10.2. The fourth-order valence-electron chi connectivity index (χ4n) is 1.28. The fourth-order valence-corrected chi connectivity index (χ4v) is 1.90. The minimum Gasteiger partial charge on any atom is -0.504 e. The zero-order valence-corrected chi connectivity index (χ0v) is 9.84. The number of aromatic hydroxyl groups is 2. The van der Waals surface area contributed by atoms with Gasteiger partial charge in [0, 0.05) is 18.3 Å². The number of hydrogen-bond donors (Lipinski definition) is 3. The van der Waals surface area contributed by atoms with Crippen LogP contribution in [0.5, 0.6) is 11.5 Å². The van der Waals surface area contributed by atoms with E-state index in [0.29, 0.717) is 12.6 Å². The first-order chi connectivity index (χ1) is 7.13. The Hall–Kier alpha value is -0.870. The van der Waals surface area contributed by atoms with Crippen LogP contribution in [0.25, 0.3) is 0 Å². The molecule has 3 nitrogen and oxygen atoms in total. The summed E-state index contributed by atoms with van der Waals surface area (Å²) in [7, 11) is 0. The van der Waals surface area contributed by atoms with E-state index in [1.54, 1.807) is 23.9 Å². The molecule has 0 aromatic heterocycles. The van der Waals surface area contributed by atoms with Crippen LogP contribution in [0.4, 0.5) is 0 Å². The molecule has 0 aliphatic rings. The third-order valence-electron chi connectivity index (χ3n) is 2.11. The van der Waals surface area contributed by atoms with Crippen LogP contribution in [0.1, 0.15) is 12.5 Å². The lowest BCUT2D eigenvalue weighted by molar-refractivity contribution is 0.402. The van der Waals surface area contributed by atoms with E-state index in [-0.39, 0.29) is 11.5 Å². The van der Waals surface area contributed by atoms with Crippen molar-refractivity contribution in [3.8, 4) is 11.5 Å². The summed E-state index contributed by atoms with van der Waals surface area (Å²) < 4.78 is 0. The van der Waals surface area contributed by atoms with E-state index < -0.39 is 0 Å². The maximum Gasteiger partial charge on any atom is 0.157 e. The van der Waals surface area contributed by atoms with E-state index in [9.17, 15) is 5.11 Å². The molecule has 3 N–H and O–H groups in total. The Bertz CT molecular complexity index is 317. The highest BCUT2D eigenvalue weighted by Gasteiger charge is 2.03. The molecule has 0 saturated heterocycles. The summed E-state index contributed by atoms with van der Waals surface area (Å²) in [6.07, 6.45) is 2.07. The van der Waals surface area contributed by atoms with Crippen LogP contribution >= 0.6 is 11.8 Å². The summed E-state index contributed by atoms with van der Waals surface area (Å²) in [5.41, 5.74) is 0.971. The summed E-state index contributed by atoms with van der Waals surface area (Å²) in [6, 6.07) is 5.32. The monoisotopic (exact) mass is 227 g/mol. The average Bonchev–Trinajstić information content (AvgIpc) is 2.20. The summed E-state index contributed by atoms with van der Waals surface area (Å²) in [6.45, 7) is 2.83. The molecule has 1 aromatic rings. The van der Waals surface area contributed by atoms with Gasteiger partial charge in [0.15, 0.2) is 11.5 Å². The number of phenolic OH excluding ortho intramolecular Hbond substituents is 2. The van der Waals surface area contributed by atoms with Crippen molar-refractivity contribution in [2.75, 3.05) is 12.0 Å². The van der Waals surface area contributed by atoms with E-state index in [1.807, 2.05) is 0 Å². The van der Waals surface area contributed by atoms with Gasteiger partial charge in [-0.1, -0.05) is 6.07 Å². The molecule has 0 amide bonds. The van der Waals surface area contributed by atoms with E-state index in [1.165, 1.54) is 6.07 Å². The zero-order chi connectivity index (χ0) is 11.3. The molecule has 0 aliphatic heterocycles. The summed E-state index contributed by atoms with van der Waals surface area (Å²) in [4.78, 5) is 0. The predicted molar refractivity (Wildman–Crippen MR) is 64.5 cm³/mol. The molecule has 1 atom stereocenters. The average molecular weight is 227 g/mol.